The van der Waals surface area contributed by atoms with Crippen molar-refractivity contribution in [2.75, 3.05) is 13.1 Å². The van der Waals surface area contributed by atoms with Crippen LogP contribution < -0.4 is 0 Å². The lowest BCUT2D eigenvalue weighted by molar-refractivity contribution is -0.161. The molecule has 0 bridgehead atoms. The molecule has 0 amide bonds. The summed E-state index contributed by atoms with van der Waals surface area (Å²) in [6.45, 7) is 2.28. The fourth-order valence-corrected chi connectivity index (χ4v) is 2.00. The number of hydrogen-bond acceptors (Lipinski definition) is 2. The van der Waals surface area contributed by atoms with Gasteiger partial charge in [-0.2, -0.15) is 5.06 Å². The molecule has 2 heteroatoms. The first kappa shape index (κ1) is 8.52. The van der Waals surface area contributed by atoms with Gasteiger partial charge in [0.1, 0.15) is 6.10 Å². The van der Waals surface area contributed by atoms with Crippen molar-refractivity contribution in [3.8, 4) is 0 Å². The average molecular weight is 168 g/mol. The quantitative estimate of drug-likeness (QED) is 0.628. The smallest absolute Gasteiger partial charge is 0.121 e. The summed E-state index contributed by atoms with van der Waals surface area (Å²) in [4.78, 5) is 5.80. The highest BCUT2D eigenvalue weighted by Crippen LogP contribution is 2.29. The summed E-state index contributed by atoms with van der Waals surface area (Å²) in [5, 5.41) is 2.16. The monoisotopic (exact) mass is 168 g/mol. The third-order valence-corrected chi connectivity index (χ3v) is 2.73. The Bertz CT molecular complexity index is 126. The van der Waals surface area contributed by atoms with Gasteiger partial charge in [0.05, 0.1) is 0 Å². The zero-order chi connectivity index (χ0) is 8.23. The average Bonchev–Trinajstić information content (AvgIpc) is 2.59. The molecular weight excluding hydrogens is 150 g/mol. The third kappa shape index (κ3) is 2.20. The van der Waals surface area contributed by atoms with Crippen LogP contribution in [0.1, 0.15) is 44.9 Å². The molecule has 2 nitrogen and oxygen atoms in total. The van der Waals surface area contributed by atoms with Crippen LogP contribution in [-0.4, -0.2) is 18.2 Å². The van der Waals surface area contributed by atoms with E-state index in [1.165, 1.54) is 51.0 Å². The lowest BCUT2D eigenvalue weighted by atomic mass is 10.2. The Morgan fingerprint density at radius 2 is 1.50 bits per heavy atom. The van der Waals surface area contributed by atoms with Crippen LogP contribution in [0, 0.1) is 6.10 Å². The van der Waals surface area contributed by atoms with Crippen LogP contribution in [0.3, 0.4) is 0 Å². The molecule has 0 N–H and O–H groups in total. The summed E-state index contributed by atoms with van der Waals surface area (Å²) in [6.07, 6.45) is 10.4. The van der Waals surface area contributed by atoms with Crippen molar-refractivity contribution in [3.63, 3.8) is 0 Å². The van der Waals surface area contributed by atoms with Gasteiger partial charge >= 0.3 is 0 Å². The van der Waals surface area contributed by atoms with Gasteiger partial charge in [-0.1, -0.05) is 19.3 Å². The van der Waals surface area contributed by atoms with Gasteiger partial charge in [-0.25, -0.2) is 0 Å². The third-order valence-electron chi connectivity index (χ3n) is 2.73. The van der Waals surface area contributed by atoms with Gasteiger partial charge in [-0.15, -0.1) is 0 Å². The highest BCUT2D eigenvalue weighted by Gasteiger charge is 2.21. The molecule has 1 aliphatic carbocycles. The van der Waals surface area contributed by atoms with Gasteiger partial charge in [0.15, 0.2) is 0 Å². The summed E-state index contributed by atoms with van der Waals surface area (Å²) in [5.41, 5.74) is 0. The van der Waals surface area contributed by atoms with E-state index in [1.54, 1.807) is 0 Å². The maximum Gasteiger partial charge on any atom is 0.121 e. The number of hydroxylamine groups is 2. The van der Waals surface area contributed by atoms with Crippen molar-refractivity contribution in [1.29, 1.82) is 0 Å². The molecule has 1 saturated heterocycles. The van der Waals surface area contributed by atoms with Gasteiger partial charge in [0.2, 0.25) is 0 Å². The second-order valence-electron chi connectivity index (χ2n) is 3.83. The molecule has 0 atom stereocenters. The van der Waals surface area contributed by atoms with E-state index >= 15 is 0 Å². The topological polar surface area (TPSA) is 12.5 Å². The van der Waals surface area contributed by atoms with Crippen molar-refractivity contribution < 1.29 is 4.84 Å². The van der Waals surface area contributed by atoms with Crippen LogP contribution >= 0.6 is 0 Å². The molecule has 1 heterocycles. The summed E-state index contributed by atoms with van der Waals surface area (Å²) < 4.78 is 0. The largest absolute Gasteiger partial charge is 0.289 e. The van der Waals surface area contributed by atoms with Crippen molar-refractivity contribution in [2.24, 2.45) is 0 Å². The predicted molar refractivity (Wildman–Crippen MR) is 48.2 cm³/mol. The van der Waals surface area contributed by atoms with Gasteiger partial charge in [-0.05, 0) is 25.7 Å². The first-order valence-electron chi connectivity index (χ1n) is 5.23. The Morgan fingerprint density at radius 3 is 2.17 bits per heavy atom. The minimum Gasteiger partial charge on any atom is -0.289 e. The normalized spacial score (nSPS) is 28.0. The van der Waals surface area contributed by atoms with E-state index in [9.17, 15) is 0 Å². The second-order valence-corrected chi connectivity index (χ2v) is 3.83. The van der Waals surface area contributed by atoms with E-state index < -0.39 is 0 Å². The lowest BCUT2D eigenvalue weighted by Gasteiger charge is -2.27. The van der Waals surface area contributed by atoms with E-state index in [0.29, 0.717) is 0 Å². The van der Waals surface area contributed by atoms with Crippen LogP contribution in [-0.2, 0) is 4.84 Å². The first-order valence-corrected chi connectivity index (χ1v) is 5.23. The number of rotatable bonds is 2. The molecule has 0 spiro atoms. The molecule has 2 fully saturated rings. The Balaban J connectivity index is 1.69. The second kappa shape index (κ2) is 4.24. The highest BCUT2D eigenvalue weighted by molar-refractivity contribution is 4.84. The Labute approximate surface area is 74.8 Å². The van der Waals surface area contributed by atoms with Gasteiger partial charge in [0.25, 0.3) is 0 Å². The van der Waals surface area contributed by atoms with Gasteiger partial charge in [-0.3, -0.25) is 4.84 Å². The minimum atomic E-state index is 1.14. The predicted octanol–water partition coefficient (Wildman–Crippen LogP) is 2.51. The van der Waals surface area contributed by atoms with Crippen molar-refractivity contribution >= 4 is 0 Å². The molecule has 2 aliphatic rings. The van der Waals surface area contributed by atoms with Crippen LogP contribution in [0.25, 0.3) is 0 Å². The van der Waals surface area contributed by atoms with Crippen LogP contribution in [0.4, 0.5) is 0 Å². The standard InChI is InChI=1S/C10H18NO/c1-4-8-11(9-5-1)12-10-6-2-3-7-10/h1-9H2. The van der Waals surface area contributed by atoms with Crippen LogP contribution in [0.5, 0.6) is 0 Å². The SMILES string of the molecule is C1CCN(O[C]2CCCC2)CC1. The van der Waals surface area contributed by atoms with E-state index in [2.05, 4.69) is 5.06 Å². The molecule has 0 aromatic heterocycles. The number of hydrogen-bond donors (Lipinski definition) is 0. The molecule has 0 aromatic carbocycles. The van der Waals surface area contributed by atoms with E-state index in [4.69, 9.17) is 4.84 Å². The highest BCUT2D eigenvalue weighted by atomic mass is 16.7. The number of nitrogens with zero attached hydrogens (tertiary/aromatic N) is 1. The van der Waals surface area contributed by atoms with Gasteiger partial charge < -0.3 is 0 Å². The molecule has 0 unspecified atom stereocenters. The maximum atomic E-state index is 5.80. The minimum absolute atomic E-state index is 1.14. The summed E-state index contributed by atoms with van der Waals surface area (Å²) in [5.74, 6) is 0. The fraction of sp³-hybridized carbons (Fsp3) is 0.900. The Morgan fingerprint density at radius 1 is 0.833 bits per heavy atom. The number of piperidine rings is 1. The molecular formula is C10H18NO. The van der Waals surface area contributed by atoms with Crippen LogP contribution in [0.15, 0.2) is 0 Å². The van der Waals surface area contributed by atoms with Gasteiger partial charge in [0, 0.05) is 13.1 Å². The molecule has 0 aromatic rings. The summed E-state index contributed by atoms with van der Waals surface area (Å²) in [6, 6.07) is 0. The Kier molecular flexibility index (Phi) is 3.01. The zero-order valence-electron chi connectivity index (χ0n) is 7.72. The zero-order valence-corrected chi connectivity index (χ0v) is 7.72. The molecule has 12 heavy (non-hydrogen) atoms. The van der Waals surface area contributed by atoms with E-state index in [0.717, 1.165) is 13.1 Å². The Hall–Kier alpha value is -0.0800. The molecule has 1 saturated carbocycles. The molecule has 1 aliphatic heterocycles. The molecule has 69 valence electrons. The summed E-state index contributed by atoms with van der Waals surface area (Å²) >= 11 is 0. The molecule has 2 rings (SSSR count). The lowest BCUT2D eigenvalue weighted by Crippen LogP contribution is -2.30. The first-order chi connectivity index (χ1) is 5.95. The fourth-order valence-electron chi connectivity index (χ4n) is 2.00. The maximum absolute atomic E-state index is 5.80. The van der Waals surface area contributed by atoms with Crippen molar-refractivity contribution in [2.45, 2.75) is 44.9 Å². The van der Waals surface area contributed by atoms with E-state index in [-0.39, 0.29) is 0 Å². The van der Waals surface area contributed by atoms with Crippen molar-refractivity contribution in [3.05, 3.63) is 6.10 Å². The molecule has 1 radical (unpaired) electrons. The summed E-state index contributed by atoms with van der Waals surface area (Å²) in [7, 11) is 0. The van der Waals surface area contributed by atoms with E-state index in [1.807, 2.05) is 0 Å². The van der Waals surface area contributed by atoms with Crippen molar-refractivity contribution in [1.82, 2.24) is 5.06 Å². The van der Waals surface area contributed by atoms with Crippen LogP contribution in [0.2, 0.25) is 0 Å².